The second kappa shape index (κ2) is 11.8. The molecule has 1 fully saturated rings. The monoisotopic (exact) mass is 504 g/mol. The number of aromatic nitrogens is 2. The zero-order valence-corrected chi connectivity index (χ0v) is 21.6. The molecule has 0 aliphatic carbocycles. The Bertz CT molecular complexity index is 1360. The maximum Gasteiger partial charge on any atom is 0.251 e. The molecule has 2 aromatic heterocycles. The summed E-state index contributed by atoms with van der Waals surface area (Å²) in [7, 11) is 5.09. The molecule has 1 amide bonds. The van der Waals surface area contributed by atoms with Gasteiger partial charge in [0.1, 0.15) is 17.6 Å². The molecule has 8 nitrogen and oxygen atoms in total. The zero-order chi connectivity index (χ0) is 26.4. The molecule has 194 valence electrons. The maximum atomic E-state index is 14.7. The van der Waals surface area contributed by atoms with E-state index in [9.17, 15) is 9.18 Å². The summed E-state index contributed by atoms with van der Waals surface area (Å²) in [5.74, 6) is 6.68. The van der Waals surface area contributed by atoms with Crippen LogP contribution >= 0.6 is 0 Å². The number of nitrogens with one attached hydrogen (secondary N) is 3. The van der Waals surface area contributed by atoms with Crippen LogP contribution < -0.4 is 20.7 Å². The highest BCUT2D eigenvalue weighted by Gasteiger charge is 2.28. The molecule has 37 heavy (non-hydrogen) atoms. The van der Waals surface area contributed by atoms with Crippen molar-refractivity contribution in [3.63, 3.8) is 0 Å². The summed E-state index contributed by atoms with van der Waals surface area (Å²) in [5, 5.41) is 9.22. The van der Waals surface area contributed by atoms with Crippen LogP contribution in [0.5, 0.6) is 5.75 Å². The van der Waals surface area contributed by atoms with Crippen molar-refractivity contribution < 1.29 is 13.9 Å². The Morgan fingerprint density at radius 3 is 2.89 bits per heavy atom. The molecule has 1 aliphatic heterocycles. The third kappa shape index (κ3) is 5.87. The molecule has 4 rings (SSSR count). The number of carbonyl (C=O) groups is 1. The molecule has 3 aromatic rings. The minimum Gasteiger partial charge on any atom is -0.495 e. The van der Waals surface area contributed by atoms with Gasteiger partial charge in [-0.1, -0.05) is 12.0 Å². The number of fused-ring (bicyclic) bond motifs is 1. The Morgan fingerprint density at radius 2 is 2.16 bits per heavy atom. The normalized spacial score (nSPS) is 17.9. The molecule has 2 atom stereocenters. The fourth-order valence-electron chi connectivity index (χ4n) is 4.42. The van der Waals surface area contributed by atoms with Gasteiger partial charge in [0, 0.05) is 31.9 Å². The van der Waals surface area contributed by atoms with E-state index in [2.05, 4.69) is 27.8 Å². The van der Waals surface area contributed by atoms with E-state index in [0.717, 1.165) is 30.0 Å². The number of benzene rings is 1. The highest BCUT2D eigenvalue weighted by molar-refractivity contribution is 5.95. The van der Waals surface area contributed by atoms with Gasteiger partial charge in [-0.15, -0.1) is 0 Å². The number of ether oxygens (including phenoxy) is 1. The summed E-state index contributed by atoms with van der Waals surface area (Å²) >= 11 is 0. The van der Waals surface area contributed by atoms with E-state index in [1.54, 1.807) is 32.4 Å². The summed E-state index contributed by atoms with van der Waals surface area (Å²) in [6.45, 7) is 3.56. The summed E-state index contributed by atoms with van der Waals surface area (Å²) in [6, 6.07) is 8.81. The van der Waals surface area contributed by atoms with Gasteiger partial charge in [0.05, 0.1) is 36.8 Å². The van der Waals surface area contributed by atoms with Gasteiger partial charge in [-0.2, -0.15) is 0 Å². The number of methoxy groups -OCH3 is 1. The van der Waals surface area contributed by atoms with Crippen LogP contribution in [0.15, 0.2) is 42.6 Å². The van der Waals surface area contributed by atoms with Gasteiger partial charge >= 0.3 is 0 Å². The SMILES string of the molecule is C/C=C\c1c(C#CCNc2ccc(C(=O)NC)cc2OC)nc2c(N[C@@H]3CCN(C)C[C@@H]3F)cccn12. The Kier molecular flexibility index (Phi) is 8.31. The summed E-state index contributed by atoms with van der Waals surface area (Å²) in [4.78, 5) is 18.7. The lowest BCUT2D eigenvalue weighted by Crippen LogP contribution is -2.46. The van der Waals surface area contributed by atoms with Crippen LogP contribution in [-0.2, 0) is 0 Å². The van der Waals surface area contributed by atoms with Crippen molar-refractivity contribution in [2.24, 2.45) is 0 Å². The van der Waals surface area contributed by atoms with Gasteiger partial charge in [-0.3, -0.25) is 9.20 Å². The quantitative estimate of drug-likeness (QED) is 0.426. The molecule has 3 N–H and O–H groups in total. The first kappa shape index (κ1) is 26.0. The van der Waals surface area contributed by atoms with Crippen LogP contribution in [0.4, 0.5) is 15.8 Å². The van der Waals surface area contributed by atoms with Gasteiger partial charge in [0.15, 0.2) is 5.65 Å². The van der Waals surface area contributed by atoms with Crippen molar-refractivity contribution in [3.8, 4) is 17.6 Å². The number of imidazole rings is 1. The van der Waals surface area contributed by atoms with Crippen molar-refractivity contribution >= 4 is 29.0 Å². The molecule has 0 unspecified atom stereocenters. The first-order chi connectivity index (χ1) is 17.9. The lowest BCUT2D eigenvalue weighted by Gasteiger charge is -2.33. The van der Waals surface area contributed by atoms with Gasteiger partial charge in [0.2, 0.25) is 0 Å². The van der Waals surface area contributed by atoms with Crippen molar-refractivity contribution in [3.05, 3.63) is 59.6 Å². The molecule has 1 aliphatic rings. The Morgan fingerprint density at radius 1 is 1.32 bits per heavy atom. The number of likely N-dealkylation sites (tertiary alicyclic amines) is 1. The average molecular weight is 505 g/mol. The largest absolute Gasteiger partial charge is 0.495 e. The summed E-state index contributed by atoms with van der Waals surface area (Å²) in [5.41, 5.74) is 4.25. The average Bonchev–Trinajstić information content (AvgIpc) is 3.26. The maximum absolute atomic E-state index is 14.7. The molecule has 1 aromatic carbocycles. The van der Waals surface area contributed by atoms with Crippen LogP contribution in [0.3, 0.4) is 0 Å². The molecule has 0 bridgehead atoms. The number of allylic oxidation sites excluding steroid dienone is 1. The number of alkyl halides is 1. The molecule has 0 saturated carbocycles. The highest BCUT2D eigenvalue weighted by Crippen LogP contribution is 2.26. The van der Waals surface area contributed by atoms with Crippen LogP contribution in [0.25, 0.3) is 11.7 Å². The van der Waals surface area contributed by atoms with E-state index in [4.69, 9.17) is 9.72 Å². The van der Waals surface area contributed by atoms with Crippen LogP contribution in [0, 0.1) is 11.8 Å². The van der Waals surface area contributed by atoms with Crippen molar-refractivity contribution in [2.45, 2.75) is 25.6 Å². The van der Waals surface area contributed by atoms with Crippen LogP contribution in [0.2, 0.25) is 0 Å². The molecule has 1 saturated heterocycles. The standard InChI is InChI=1S/C28H33FN6O2/c1-5-8-25-22(9-6-14-31-23-12-11-19(28(36)30-2)17-26(23)37-4)33-27-24(10-7-15-35(25)27)32-21-13-16-34(3)18-20(21)29/h5,7-8,10-12,15,17,20-21,31-32H,13-14,16,18H2,1-4H3,(H,30,36)/b8-5-/t20-,21+/m0/s1. The van der Waals surface area contributed by atoms with Gasteiger partial charge in [-0.25, -0.2) is 9.37 Å². The molecule has 0 spiro atoms. The Labute approximate surface area is 216 Å². The van der Waals surface area contributed by atoms with Crippen LogP contribution in [-0.4, -0.2) is 73.2 Å². The number of nitrogens with zero attached hydrogens (tertiary/aromatic N) is 3. The third-order valence-electron chi connectivity index (χ3n) is 6.36. The Hall–Kier alpha value is -4.03. The highest BCUT2D eigenvalue weighted by atomic mass is 19.1. The lowest BCUT2D eigenvalue weighted by molar-refractivity contribution is 0.0962. The van der Waals surface area contributed by atoms with Gasteiger partial charge in [0.25, 0.3) is 5.91 Å². The van der Waals surface area contributed by atoms with Crippen LogP contribution in [0.1, 0.15) is 35.1 Å². The first-order valence-electron chi connectivity index (χ1n) is 12.3. The third-order valence-corrected chi connectivity index (χ3v) is 6.36. The van der Waals surface area contributed by atoms with E-state index in [1.165, 1.54) is 0 Å². The molecular weight excluding hydrogens is 471 g/mol. The number of amides is 1. The number of hydrogen-bond donors (Lipinski definition) is 3. The minimum atomic E-state index is -0.947. The number of halogens is 1. The number of piperidine rings is 1. The summed E-state index contributed by atoms with van der Waals surface area (Å²) in [6.07, 6.45) is 5.63. The van der Waals surface area contributed by atoms with Gasteiger partial charge in [-0.05, 0) is 62.7 Å². The van der Waals surface area contributed by atoms with E-state index in [-0.39, 0.29) is 11.9 Å². The first-order valence-corrected chi connectivity index (χ1v) is 12.3. The fraction of sp³-hybridized carbons (Fsp3) is 0.357. The van der Waals surface area contributed by atoms with Gasteiger partial charge < -0.3 is 25.6 Å². The second-order valence-electron chi connectivity index (χ2n) is 8.93. The Balaban J connectivity index is 1.55. The fourth-order valence-corrected chi connectivity index (χ4v) is 4.42. The van der Waals surface area contributed by atoms with E-state index >= 15 is 0 Å². The second-order valence-corrected chi connectivity index (χ2v) is 8.93. The number of hydrogen-bond acceptors (Lipinski definition) is 6. The molecule has 3 heterocycles. The summed E-state index contributed by atoms with van der Waals surface area (Å²) < 4.78 is 22.1. The predicted molar refractivity (Wildman–Crippen MR) is 146 cm³/mol. The van der Waals surface area contributed by atoms with E-state index in [1.807, 2.05) is 53.8 Å². The number of anilines is 2. The molecular formula is C28H33FN6O2. The lowest BCUT2D eigenvalue weighted by atomic mass is 10.0. The van der Waals surface area contributed by atoms with Crippen molar-refractivity contribution in [1.29, 1.82) is 0 Å². The molecule has 0 radical (unpaired) electrons. The number of rotatable bonds is 7. The van der Waals surface area contributed by atoms with E-state index in [0.29, 0.717) is 35.7 Å². The van der Waals surface area contributed by atoms with Crippen molar-refractivity contribution in [1.82, 2.24) is 19.6 Å². The molecule has 9 heteroatoms. The number of carbonyl (C=O) groups excluding carboxylic acids is 1. The van der Waals surface area contributed by atoms with E-state index < -0.39 is 6.17 Å². The topological polar surface area (TPSA) is 82.9 Å². The predicted octanol–water partition coefficient (Wildman–Crippen LogP) is 3.65. The zero-order valence-electron chi connectivity index (χ0n) is 21.6. The van der Waals surface area contributed by atoms with Crippen molar-refractivity contribution in [2.75, 3.05) is 51.5 Å². The smallest absolute Gasteiger partial charge is 0.251 e. The minimum absolute atomic E-state index is 0.181. The number of pyridine rings is 1.